The number of benzene rings is 2. The van der Waals surface area contributed by atoms with Gasteiger partial charge >= 0.3 is 0 Å². The Labute approximate surface area is 121 Å². The normalized spacial score (nSPS) is 14.2. The van der Waals surface area contributed by atoms with Crippen molar-refractivity contribution in [2.24, 2.45) is 0 Å². The third-order valence-corrected chi connectivity index (χ3v) is 3.53. The van der Waals surface area contributed by atoms with E-state index in [1.54, 1.807) is 6.07 Å². The van der Waals surface area contributed by atoms with E-state index in [4.69, 9.17) is 9.47 Å². The van der Waals surface area contributed by atoms with Crippen LogP contribution in [0.25, 0.3) is 0 Å². The van der Waals surface area contributed by atoms with Gasteiger partial charge in [-0.3, -0.25) is 0 Å². The standard InChI is InChI=1S/C16H15F2NO2/c1-10(11-5-6-14-15(7-11)21-9-20-14)19-8-12-3-2-4-13(17)16(12)18/h2-7,10,19H,8-9H2,1H3. The summed E-state index contributed by atoms with van der Waals surface area (Å²) in [6.45, 7) is 2.43. The summed E-state index contributed by atoms with van der Waals surface area (Å²) in [5.74, 6) is -0.201. The summed E-state index contributed by atoms with van der Waals surface area (Å²) in [6, 6.07) is 9.81. The van der Waals surface area contributed by atoms with E-state index in [0.717, 1.165) is 17.4 Å². The van der Waals surface area contributed by atoms with Crippen molar-refractivity contribution in [2.45, 2.75) is 19.5 Å². The van der Waals surface area contributed by atoms with Gasteiger partial charge in [-0.25, -0.2) is 8.78 Å². The third kappa shape index (κ3) is 2.83. The number of hydrogen-bond donors (Lipinski definition) is 1. The Kier molecular flexibility index (Phi) is 3.75. The van der Waals surface area contributed by atoms with Gasteiger partial charge in [0.1, 0.15) is 0 Å². The fourth-order valence-corrected chi connectivity index (χ4v) is 2.25. The molecule has 2 aromatic rings. The first-order valence-corrected chi connectivity index (χ1v) is 6.71. The van der Waals surface area contributed by atoms with Crippen molar-refractivity contribution in [3.8, 4) is 11.5 Å². The number of nitrogens with one attached hydrogen (secondary N) is 1. The number of rotatable bonds is 4. The molecular weight excluding hydrogens is 276 g/mol. The molecule has 3 nitrogen and oxygen atoms in total. The van der Waals surface area contributed by atoms with E-state index in [2.05, 4.69) is 5.32 Å². The molecule has 2 aromatic carbocycles. The molecule has 3 rings (SSSR count). The molecule has 5 heteroatoms. The average Bonchev–Trinajstić information content (AvgIpc) is 2.96. The highest BCUT2D eigenvalue weighted by molar-refractivity contribution is 5.45. The van der Waals surface area contributed by atoms with Crippen molar-refractivity contribution >= 4 is 0 Å². The van der Waals surface area contributed by atoms with Crippen LogP contribution in [0.2, 0.25) is 0 Å². The SMILES string of the molecule is CC(NCc1cccc(F)c1F)c1ccc2c(c1)OCO2. The lowest BCUT2D eigenvalue weighted by Gasteiger charge is -2.15. The second-order valence-electron chi connectivity index (χ2n) is 4.93. The molecule has 0 fully saturated rings. The van der Waals surface area contributed by atoms with Gasteiger partial charge in [0, 0.05) is 18.2 Å². The molecular formula is C16H15F2NO2. The molecule has 110 valence electrons. The molecule has 1 heterocycles. The molecule has 1 atom stereocenters. The second-order valence-corrected chi connectivity index (χ2v) is 4.93. The molecule has 1 N–H and O–H groups in total. The van der Waals surface area contributed by atoms with Crippen LogP contribution in [-0.4, -0.2) is 6.79 Å². The Morgan fingerprint density at radius 3 is 2.81 bits per heavy atom. The largest absolute Gasteiger partial charge is 0.454 e. The minimum atomic E-state index is -0.829. The van der Waals surface area contributed by atoms with Gasteiger partial charge < -0.3 is 14.8 Å². The van der Waals surface area contributed by atoms with Crippen LogP contribution in [0.4, 0.5) is 8.78 Å². The molecule has 0 radical (unpaired) electrons. The first kappa shape index (κ1) is 13.8. The maximum atomic E-state index is 13.6. The van der Waals surface area contributed by atoms with Crippen molar-refractivity contribution in [3.63, 3.8) is 0 Å². The van der Waals surface area contributed by atoms with Gasteiger partial charge in [0.2, 0.25) is 6.79 Å². The number of ether oxygens (including phenoxy) is 2. The molecule has 0 spiro atoms. The highest BCUT2D eigenvalue weighted by Gasteiger charge is 2.16. The Hall–Kier alpha value is -2.14. The molecule has 0 saturated carbocycles. The molecule has 0 aromatic heterocycles. The number of hydrogen-bond acceptors (Lipinski definition) is 3. The molecule has 1 unspecified atom stereocenters. The van der Waals surface area contributed by atoms with Crippen LogP contribution in [0.1, 0.15) is 24.1 Å². The topological polar surface area (TPSA) is 30.5 Å². The van der Waals surface area contributed by atoms with E-state index in [-0.39, 0.29) is 19.4 Å². The Bertz CT molecular complexity index is 661. The lowest BCUT2D eigenvalue weighted by atomic mass is 10.1. The fraction of sp³-hybridized carbons (Fsp3) is 0.250. The van der Waals surface area contributed by atoms with Gasteiger partial charge in [0.15, 0.2) is 23.1 Å². The zero-order valence-corrected chi connectivity index (χ0v) is 11.5. The summed E-state index contributed by atoms with van der Waals surface area (Å²) in [6.07, 6.45) is 0. The Balaban J connectivity index is 1.69. The number of fused-ring (bicyclic) bond motifs is 1. The minimum absolute atomic E-state index is 0.0258. The number of halogens is 2. The average molecular weight is 291 g/mol. The predicted octanol–water partition coefficient (Wildman–Crippen LogP) is 3.54. The van der Waals surface area contributed by atoms with E-state index in [0.29, 0.717) is 11.3 Å². The van der Waals surface area contributed by atoms with Crippen molar-refractivity contribution in [3.05, 3.63) is 59.2 Å². The zero-order chi connectivity index (χ0) is 14.8. The molecule has 1 aliphatic rings. The van der Waals surface area contributed by atoms with Crippen LogP contribution < -0.4 is 14.8 Å². The van der Waals surface area contributed by atoms with Gasteiger partial charge in [0.25, 0.3) is 0 Å². The maximum Gasteiger partial charge on any atom is 0.231 e. The summed E-state index contributed by atoms with van der Waals surface area (Å²) in [7, 11) is 0. The first-order valence-electron chi connectivity index (χ1n) is 6.71. The summed E-state index contributed by atoms with van der Waals surface area (Å²) < 4.78 is 37.3. The van der Waals surface area contributed by atoms with E-state index >= 15 is 0 Å². The molecule has 0 saturated heterocycles. The quantitative estimate of drug-likeness (QED) is 0.934. The van der Waals surface area contributed by atoms with E-state index in [9.17, 15) is 8.78 Å². The van der Waals surface area contributed by atoms with E-state index in [1.165, 1.54) is 6.07 Å². The van der Waals surface area contributed by atoms with Crippen LogP contribution in [0.5, 0.6) is 11.5 Å². The van der Waals surface area contributed by atoms with Gasteiger partial charge in [-0.1, -0.05) is 18.2 Å². The van der Waals surface area contributed by atoms with Gasteiger partial charge in [0.05, 0.1) is 0 Å². The lowest BCUT2D eigenvalue weighted by Crippen LogP contribution is -2.19. The summed E-state index contributed by atoms with van der Waals surface area (Å²) in [5, 5.41) is 3.17. The van der Waals surface area contributed by atoms with Crippen molar-refractivity contribution in [1.29, 1.82) is 0 Å². The molecule has 21 heavy (non-hydrogen) atoms. The second kappa shape index (κ2) is 5.69. The first-order chi connectivity index (χ1) is 10.1. The molecule has 0 amide bonds. The lowest BCUT2D eigenvalue weighted by molar-refractivity contribution is 0.174. The van der Waals surface area contributed by atoms with Crippen molar-refractivity contribution < 1.29 is 18.3 Å². The Morgan fingerprint density at radius 1 is 1.14 bits per heavy atom. The highest BCUT2D eigenvalue weighted by atomic mass is 19.2. The van der Waals surface area contributed by atoms with Crippen LogP contribution in [0.15, 0.2) is 36.4 Å². The fourth-order valence-electron chi connectivity index (χ4n) is 2.25. The van der Waals surface area contributed by atoms with Gasteiger partial charge in [-0.05, 0) is 30.7 Å². The highest BCUT2D eigenvalue weighted by Crippen LogP contribution is 2.34. The summed E-state index contributed by atoms with van der Waals surface area (Å²) >= 11 is 0. The van der Waals surface area contributed by atoms with Crippen LogP contribution in [-0.2, 0) is 6.54 Å². The minimum Gasteiger partial charge on any atom is -0.454 e. The van der Waals surface area contributed by atoms with E-state index < -0.39 is 11.6 Å². The molecule has 0 bridgehead atoms. The van der Waals surface area contributed by atoms with Crippen LogP contribution in [0.3, 0.4) is 0 Å². The smallest absolute Gasteiger partial charge is 0.231 e. The zero-order valence-electron chi connectivity index (χ0n) is 11.5. The summed E-state index contributed by atoms with van der Waals surface area (Å²) in [4.78, 5) is 0. The summed E-state index contributed by atoms with van der Waals surface area (Å²) in [5.41, 5.74) is 1.30. The van der Waals surface area contributed by atoms with Crippen LogP contribution in [0, 0.1) is 11.6 Å². The Morgan fingerprint density at radius 2 is 1.95 bits per heavy atom. The van der Waals surface area contributed by atoms with Crippen molar-refractivity contribution in [1.82, 2.24) is 5.32 Å². The van der Waals surface area contributed by atoms with Gasteiger partial charge in [-0.2, -0.15) is 0 Å². The van der Waals surface area contributed by atoms with Crippen LogP contribution >= 0.6 is 0 Å². The molecule has 0 aliphatic carbocycles. The third-order valence-electron chi connectivity index (χ3n) is 3.53. The van der Waals surface area contributed by atoms with Gasteiger partial charge in [-0.15, -0.1) is 0 Å². The molecule has 1 aliphatic heterocycles. The van der Waals surface area contributed by atoms with E-state index in [1.807, 2.05) is 25.1 Å². The predicted molar refractivity (Wildman–Crippen MR) is 74.2 cm³/mol. The van der Waals surface area contributed by atoms with Crippen molar-refractivity contribution in [2.75, 3.05) is 6.79 Å². The monoisotopic (exact) mass is 291 g/mol. The maximum absolute atomic E-state index is 13.6.